The second-order valence-electron chi connectivity index (χ2n) is 6.65. The molecule has 3 heterocycles. The molecule has 8 nitrogen and oxygen atoms in total. The third-order valence-corrected chi connectivity index (χ3v) is 5.48. The summed E-state index contributed by atoms with van der Waals surface area (Å²) in [6, 6.07) is 13.1. The fraction of sp³-hybridized carbons (Fsp3) is 0.158. The van der Waals surface area contributed by atoms with Crippen molar-refractivity contribution in [3.63, 3.8) is 0 Å². The molecule has 1 amide bonds. The number of aliphatic hydroxyl groups is 1. The first-order valence-corrected chi connectivity index (χ1v) is 9.56. The van der Waals surface area contributed by atoms with Gasteiger partial charge in [-0.15, -0.1) is 10.2 Å². The minimum Gasteiger partial charge on any atom is -0.388 e. The van der Waals surface area contributed by atoms with Crippen LogP contribution in [0.3, 0.4) is 0 Å². The van der Waals surface area contributed by atoms with Gasteiger partial charge in [0, 0.05) is 27.5 Å². The lowest BCUT2D eigenvalue weighted by Crippen LogP contribution is -2.21. The highest BCUT2D eigenvalue weighted by molar-refractivity contribution is 9.10. The molecule has 2 aromatic carbocycles. The zero-order valence-electron chi connectivity index (χ0n) is 14.6. The molecule has 5 rings (SSSR count). The molecule has 0 aliphatic carbocycles. The van der Waals surface area contributed by atoms with Crippen molar-refractivity contribution in [3.8, 4) is 11.4 Å². The fourth-order valence-corrected chi connectivity index (χ4v) is 4.08. The monoisotopic (exact) mass is 438 g/mol. The van der Waals surface area contributed by atoms with Crippen molar-refractivity contribution >= 4 is 38.4 Å². The zero-order valence-corrected chi connectivity index (χ0v) is 16.1. The lowest BCUT2D eigenvalue weighted by Gasteiger charge is -2.22. The number of nitrogens with zero attached hydrogens (tertiary/aromatic N) is 4. The number of benzene rings is 2. The molecule has 28 heavy (non-hydrogen) atoms. The van der Waals surface area contributed by atoms with Crippen LogP contribution < -0.4 is 5.32 Å². The van der Waals surface area contributed by atoms with Crippen LogP contribution in [0.2, 0.25) is 0 Å². The van der Waals surface area contributed by atoms with Crippen molar-refractivity contribution in [1.82, 2.24) is 25.2 Å². The first-order valence-electron chi connectivity index (χ1n) is 8.77. The molecule has 0 saturated carbocycles. The first-order chi connectivity index (χ1) is 13.6. The maximum Gasteiger partial charge on any atom is 0.272 e. The van der Waals surface area contributed by atoms with Crippen molar-refractivity contribution < 1.29 is 9.90 Å². The number of rotatable bonds is 3. The van der Waals surface area contributed by atoms with Crippen molar-refractivity contribution in [1.29, 1.82) is 0 Å². The predicted octanol–water partition coefficient (Wildman–Crippen LogP) is 3.27. The maximum absolute atomic E-state index is 13.1. The van der Waals surface area contributed by atoms with E-state index >= 15 is 0 Å². The third kappa shape index (κ3) is 2.71. The van der Waals surface area contributed by atoms with Crippen molar-refractivity contribution in [2.24, 2.45) is 0 Å². The molecule has 140 valence electrons. The quantitative estimate of drug-likeness (QED) is 0.454. The molecule has 0 fully saturated rings. The Hall–Kier alpha value is -3.04. The van der Waals surface area contributed by atoms with E-state index in [1.807, 2.05) is 41.0 Å². The highest BCUT2D eigenvalue weighted by Crippen LogP contribution is 2.35. The Morgan fingerprint density at radius 2 is 2.18 bits per heavy atom. The van der Waals surface area contributed by atoms with E-state index in [0.717, 1.165) is 20.9 Å². The number of tetrazole rings is 1. The van der Waals surface area contributed by atoms with Crippen LogP contribution in [0.15, 0.2) is 46.9 Å². The number of aromatic amines is 1. The Kier molecular flexibility index (Phi) is 3.99. The van der Waals surface area contributed by atoms with Gasteiger partial charge in [-0.05, 0) is 35.9 Å². The van der Waals surface area contributed by atoms with E-state index in [2.05, 4.69) is 41.9 Å². The van der Waals surface area contributed by atoms with Gasteiger partial charge in [0.25, 0.3) is 5.91 Å². The number of amides is 1. The van der Waals surface area contributed by atoms with E-state index in [1.165, 1.54) is 0 Å². The number of carbonyl (C=O) groups is 1. The van der Waals surface area contributed by atoms with Crippen LogP contribution in [0.4, 0.5) is 5.69 Å². The molecule has 0 spiro atoms. The molecule has 0 saturated heterocycles. The van der Waals surface area contributed by atoms with E-state index in [1.54, 1.807) is 6.07 Å². The van der Waals surface area contributed by atoms with Gasteiger partial charge in [-0.2, -0.15) is 5.21 Å². The van der Waals surface area contributed by atoms with Gasteiger partial charge in [-0.25, -0.2) is 0 Å². The van der Waals surface area contributed by atoms with Crippen LogP contribution in [-0.2, 0) is 6.54 Å². The van der Waals surface area contributed by atoms with Crippen LogP contribution in [0.1, 0.15) is 28.6 Å². The highest BCUT2D eigenvalue weighted by Gasteiger charge is 2.25. The lowest BCUT2D eigenvalue weighted by molar-refractivity contribution is 0.101. The smallest absolute Gasteiger partial charge is 0.272 e. The molecule has 1 atom stereocenters. The average Bonchev–Trinajstić information content (AvgIpc) is 3.35. The summed E-state index contributed by atoms with van der Waals surface area (Å²) < 4.78 is 2.81. The summed E-state index contributed by atoms with van der Waals surface area (Å²) >= 11 is 3.43. The van der Waals surface area contributed by atoms with E-state index in [4.69, 9.17) is 0 Å². The van der Waals surface area contributed by atoms with E-state index in [0.29, 0.717) is 35.7 Å². The van der Waals surface area contributed by atoms with E-state index < -0.39 is 6.10 Å². The number of para-hydroxylation sites is 1. The van der Waals surface area contributed by atoms with E-state index in [9.17, 15) is 9.90 Å². The Morgan fingerprint density at radius 3 is 3.00 bits per heavy atom. The number of hydrogen-bond donors (Lipinski definition) is 3. The molecule has 2 aromatic heterocycles. The number of hydrogen-bond acceptors (Lipinski definition) is 5. The van der Waals surface area contributed by atoms with E-state index in [-0.39, 0.29) is 5.91 Å². The summed E-state index contributed by atoms with van der Waals surface area (Å²) in [6.45, 7) is 0.586. The minimum absolute atomic E-state index is 0.231. The van der Waals surface area contributed by atoms with Crippen LogP contribution in [0.5, 0.6) is 0 Å². The molecule has 3 N–H and O–H groups in total. The topological polar surface area (TPSA) is 109 Å². The maximum atomic E-state index is 13.1. The molecule has 1 unspecified atom stereocenters. The molecule has 4 aromatic rings. The van der Waals surface area contributed by atoms with Gasteiger partial charge in [-0.1, -0.05) is 34.1 Å². The van der Waals surface area contributed by atoms with Crippen molar-refractivity contribution in [2.45, 2.75) is 19.1 Å². The molecular formula is C19H15BrN6O2. The second kappa shape index (κ2) is 6.54. The number of H-pyrrole nitrogens is 1. The number of halogens is 1. The number of nitrogens with one attached hydrogen (secondary N) is 2. The van der Waals surface area contributed by atoms with Crippen LogP contribution in [-0.4, -0.2) is 36.2 Å². The summed E-state index contributed by atoms with van der Waals surface area (Å²) in [5, 5.41) is 28.2. The summed E-state index contributed by atoms with van der Waals surface area (Å²) in [4.78, 5) is 13.1. The van der Waals surface area contributed by atoms with Gasteiger partial charge in [0.15, 0.2) is 0 Å². The SMILES string of the molecule is O=C(Nc1ccc(Br)cc1-c1nn[nH]n1)c1cc2cccc3c2n1CCC3O. The van der Waals surface area contributed by atoms with Crippen molar-refractivity contribution in [3.05, 3.63) is 58.2 Å². The highest BCUT2D eigenvalue weighted by atomic mass is 79.9. The number of aliphatic hydroxyl groups excluding tert-OH is 1. The Morgan fingerprint density at radius 1 is 1.29 bits per heavy atom. The second-order valence-corrected chi connectivity index (χ2v) is 7.57. The minimum atomic E-state index is -0.502. The van der Waals surface area contributed by atoms with Gasteiger partial charge >= 0.3 is 0 Å². The fourth-order valence-electron chi connectivity index (χ4n) is 3.72. The third-order valence-electron chi connectivity index (χ3n) is 4.99. The molecule has 9 heteroatoms. The molecule has 0 radical (unpaired) electrons. The number of carbonyl (C=O) groups excluding carboxylic acids is 1. The Balaban J connectivity index is 1.56. The molecule has 1 aliphatic heterocycles. The van der Waals surface area contributed by atoms with Crippen LogP contribution >= 0.6 is 15.9 Å². The zero-order chi connectivity index (χ0) is 19.3. The number of aryl methyl sites for hydroxylation is 1. The molecule has 0 bridgehead atoms. The van der Waals surface area contributed by atoms with Crippen LogP contribution in [0.25, 0.3) is 22.3 Å². The van der Waals surface area contributed by atoms with Gasteiger partial charge < -0.3 is 15.0 Å². The molecule has 1 aliphatic rings. The largest absolute Gasteiger partial charge is 0.388 e. The number of aromatic nitrogens is 5. The first kappa shape index (κ1) is 17.1. The number of anilines is 1. The summed E-state index contributed by atoms with van der Waals surface area (Å²) in [5.41, 5.74) is 3.57. The predicted molar refractivity (Wildman–Crippen MR) is 107 cm³/mol. The van der Waals surface area contributed by atoms with Gasteiger partial charge in [0.1, 0.15) is 5.69 Å². The summed E-state index contributed by atoms with van der Waals surface area (Å²) in [7, 11) is 0. The van der Waals surface area contributed by atoms with Gasteiger partial charge in [0.05, 0.1) is 17.3 Å². The normalized spacial score (nSPS) is 15.7. The Labute approximate surface area is 167 Å². The lowest BCUT2D eigenvalue weighted by atomic mass is 10.0. The standard InChI is InChI=1S/C19H15BrN6O2/c20-11-4-5-14(13(9-11)18-22-24-25-23-18)21-19(28)15-8-10-2-1-3-12-16(27)6-7-26(15)17(10)12/h1-5,8-9,16,27H,6-7H2,(H,21,28)(H,22,23,24,25). The van der Waals surface area contributed by atoms with Crippen molar-refractivity contribution in [2.75, 3.05) is 5.32 Å². The summed E-state index contributed by atoms with van der Waals surface area (Å²) in [5.74, 6) is 0.161. The Bertz CT molecular complexity index is 1200. The summed E-state index contributed by atoms with van der Waals surface area (Å²) in [6.07, 6.45) is 0.0753. The average molecular weight is 439 g/mol. The van der Waals surface area contributed by atoms with Crippen LogP contribution in [0, 0.1) is 0 Å². The van der Waals surface area contributed by atoms with Gasteiger partial charge in [0.2, 0.25) is 5.82 Å². The molecular weight excluding hydrogens is 424 g/mol. The van der Waals surface area contributed by atoms with Gasteiger partial charge in [-0.3, -0.25) is 4.79 Å².